The Labute approximate surface area is 158 Å². The standard InChI is InChI=1S/C17H25N3O6S/c1-4-26-17(21)15-8-14(9-16(12(15)2)20(22)23)27(24,25)19-7-5-6-13(11-19)10-18-3/h8-9,13,18H,4-7,10-11H2,1-3H3. The number of hydrogen-bond donors (Lipinski definition) is 1. The minimum Gasteiger partial charge on any atom is -0.462 e. The largest absolute Gasteiger partial charge is 0.462 e. The van der Waals surface area contributed by atoms with Crippen molar-refractivity contribution in [3.63, 3.8) is 0 Å². The quantitative estimate of drug-likeness (QED) is 0.421. The summed E-state index contributed by atoms with van der Waals surface area (Å²) >= 11 is 0. The Morgan fingerprint density at radius 3 is 2.74 bits per heavy atom. The summed E-state index contributed by atoms with van der Waals surface area (Å²) in [7, 11) is -2.16. The highest BCUT2D eigenvalue weighted by Gasteiger charge is 2.33. The Kier molecular flexibility index (Phi) is 6.90. The number of piperidine rings is 1. The molecule has 27 heavy (non-hydrogen) atoms. The van der Waals surface area contributed by atoms with Gasteiger partial charge in [0, 0.05) is 24.7 Å². The molecule has 1 aromatic rings. The van der Waals surface area contributed by atoms with Crippen LogP contribution in [-0.4, -0.2) is 56.9 Å². The van der Waals surface area contributed by atoms with Crippen LogP contribution in [0.4, 0.5) is 5.69 Å². The van der Waals surface area contributed by atoms with Crippen LogP contribution in [0, 0.1) is 23.0 Å². The third-order valence-electron chi connectivity index (χ3n) is 4.66. The second kappa shape index (κ2) is 8.77. The molecule has 0 bridgehead atoms. The lowest BCUT2D eigenvalue weighted by molar-refractivity contribution is -0.385. The first-order valence-corrected chi connectivity index (χ1v) is 10.3. The first-order valence-electron chi connectivity index (χ1n) is 8.83. The molecule has 1 atom stereocenters. The molecule has 1 aromatic carbocycles. The Balaban J connectivity index is 2.49. The minimum atomic E-state index is -3.96. The van der Waals surface area contributed by atoms with Gasteiger partial charge in [0.1, 0.15) is 0 Å². The van der Waals surface area contributed by atoms with E-state index < -0.39 is 26.6 Å². The number of nitrogens with zero attached hydrogens (tertiary/aromatic N) is 2. The summed E-state index contributed by atoms with van der Waals surface area (Å²) in [6.07, 6.45) is 1.62. The Morgan fingerprint density at radius 2 is 2.15 bits per heavy atom. The van der Waals surface area contributed by atoms with Crippen LogP contribution in [0.25, 0.3) is 0 Å². The average molecular weight is 399 g/mol. The molecule has 9 nitrogen and oxygen atoms in total. The Hall–Kier alpha value is -2.04. The van der Waals surface area contributed by atoms with Gasteiger partial charge >= 0.3 is 5.97 Å². The lowest BCUT2D eigenvalue weighted by Crippen LogP contribution is -2.42. The van der Waals surface area contributed by atoms with Crippen LogP contribution in [0.3, 0.4) is 0 Å². The number of nitro groups is 1. The molecule has 0 amide bonds. The summed E-state index contributed by atoms with van der Waals surface area (Å²) in [5.74, 6) is -0.606. The summed E-state index contributed by atoms with van der Waals surface area (Å²) in [5, 5.41) is 14.4. The van der Waals surface area contributed by atoms with Crippen molar-refractivity contribution in [2.75, 3.05) is 33.3 Å². The average Bonchev–Trinajstić information content (AvgIpc) is 2.62. The number of hydrogen-bond acceptors (Lipinski definition) is 7. The van der Waals surface area contributed by atoms with Gasteiger partial charge in [-0.3, -0.25) is 10.1 Å². The zero-order chi connectivity index (χ0) is 20.2. The number of carbonyl (C=O) groups is 1. The van der Waals surface area contributed by atoms with Crippen LogP contribution >= 0.6 is 0 Å². The summed E-state index contributed by atoms with van der Waals surface area (Å²) in [6, 6.07) is 2.20. The van der Waals surface area contributed by atoms with E-state index in [1.165, 1.54) is 17.3 Å². The molecule has 1 fully saturated rings. The molecule has 1 saturated heterocycles. The van der Waals surface area contributed by atoms with Crippen molar-refractivity contribution in [2.24, 2.45) is 5.92 Å². The molecule has 0 aromatic heterocycles. The second-order valence-corrected chi connectivity index (χ2v) is 8.46. The van der Waals surface area contributed by atoms with Crippen LogP contribution in [0.15, 0.2) is 17.0 Å². The maximum Gasteiger partial charge on any atom is 0.338 e. The molecule has 1 N–H and O–H groups in total. The van der Waals surface area contributed by atoms with E-state index in [0.29, 0.717) is 26.1 Å². The van der Waals surface area contributed by atoms with Crippen molar-refractivity contribution in [2.45, 2.75) is 31.6 Å². The second-order valence-electron chi connectivity index (χ2n) is 6.52. The van der Waals surface area contributed by atoms with Crippen LogP contribution in [0.2, 0.25) is 0 Å². The van der Waals surface area contributed by atoms with Crippen molar-refractivity contribution in [1.29, 1.82) is 0 Å². The highest BCUT2D eigenvalue weighted by molar-refractivity contribution is 7.89. The van der Waals surface area contributed by atoms with Gasteiger partial charge in [-0.2, -0.15) is 4.31 Å². The number of nitro benzene ring substituents is 1. The first kappa shape index (κ1) is 21.3. The van der Waals surface area contributed by atoms with Crippen molar-refractivity contribution < 1.29 is 22.9 Å². The number of benzene rings is 1. The molecule has 0 aliphatic carbocycles. The predicted octanol–water partition coefficient (Wildman–Crippen LogP) is 1.70. The maximum atomic E-state index is 13.1. The Morgan fingerprint density at radius 1 is 1.44 bits per heavy atom. The molecular weight excluding hydrogens is 374 g/mol. The molecule has 1 aliphatic heterocycles. The van der Waals surface area contributed by atoms with Gasteiger partial charge in [0.15, 0.2) is 0 Å². The van der Waals surface area contributed by atoms with Gasteiger partial charge in [0.05, 0.1) is 22.0 Å². The van der Waals surface area contributed by atoms with Crippen LogP contribution in [-0.2, 0) is 14.8 Å². The number of nitrogens with one attached hydrogen (secondary N) is 1. The summed E-state index contributed by atoms with van der Waals surface area (Å²) < 4.78 is 32.4. The molecule has 150 valence electrons. The van der Waals surface area contributed by atoms with Crippen molar-refractivity contribution >= 4 is 21.7 Å². The molecule has 2 rings (SSSR count). The SMILES string of the molecule is CCOC(=O)c1cc(S(=O)(=O)N2CCCC(CNC)C2)cc([N+](=O)[O-])c1C. The van der Waals surface area contributed by atoms with E-state index in [4.69, 9.17) is 4.74 Å². The fraction of sp³-hybridized carbons (Fsp3) is 0.588. The molecule has 0 spiro atoms. The first-order chi connectivity index (χ1) is 12.7. The van der Waals surface area contributed by atoms with E-state index in [9.17, 15) is 23.3 Å². The Bertz CT molecular complexity index is 822. The lowest BCUT2D eigenvalue weighted by Gasteiger charge is -2.32. The molecule has 1 aliphatic rings. The molecule has 0 radical (unpaired) electrons. The van der Waals surface area contributed by atoms with Crippen LogP contribution < -0.4 is 5.32 Å². The van der Waals surface area contributed by atoms with Gasteiger partial charge in [0.25, 0.3) is 5.69 Å². The highest BCUT2D eigenvalue weighted by atomic mass is 32.2. The third kappa shape index (κ3) is 4.63. The number of esters is 1. The predicted molar refractivity (Wildman–Crippen MR) is 99.2 cm³/mol. The molecule has 10 heteroatoms. The molecule has 1 unspecified atom stereocenters. The number of rotatable bonds is 7. The maximum absolute atomic E-state index is 13.1. The van der Waals surface area contributed by atoms with E-state index in [2.05, 4.69) is 5.32 Å². The molecular formula is C17H25N3O6S. The van der Waals surface area contributed by atoms with E-state index in [0.717, 1.165) is 12.5 Å². The monoisotopic (exact) mass is 399 g/mol. The fourth-order valence-corrected chi connectivity index (χ4v) is 4.88. The van der Waals surface area contributed by atoms with E-state index in [1.54, 1.807) is 6.92 Å². The van der Waals surface area contributed by atoms with Gasteiger partial charge in [-0.1, -0.05) is 0 Å². The minimum absolute atomic E-state index is 0.0842. The van der Waals surface area contributed by atoms with E-state index in [1.807, 2.05) is 7.05 Å². The lowest BCUT2D eigenvalue weighted by atomic mass is 10.00. The van der Waals surface area contributed by atoms with Gasteiger partial charge in [-0.05, 0) is 52.3 Å². The van der Waals surface area contributed by atoms with Gasteiger partial charge < -0.3 is 10.1 Å². The van der Waals surface area contributed by atoms with Crippen LogP contribution in [0.1, 0.15) is 35.7 Å². The van der Waals surface area contributed by atoms with Gasteiger partial charge in [-0.25, -0.2) is 13.2 Å². The number of carbonyl (C=O) groups excluding carboxylic acids is 1. The summed E-state index contributed by atoms with van der Waals surface area (Å²) in [5.41, 5.74) is -0.430. The topological polar surface area (TPSA) is 119 Å². The van der Waals surface area contributed by atoms with Crippen molar-refractivity contribution in [3.05, 3.63) is 33.4 Å². The smallest absolute Gasteiger partial charge is 0.338 e. The highest BCUT2D eigenvalue weighted by Crippen LogP contribution is 2.30. The zero-order valence-electron chi connectivity index (χ0n) is 15.7. The summed E-state index contributed by atoms with van der Waals surface area (Å²) in [4.78, 5) is 22.6. The fourth-order valence-electron chi connectivity index (χ4n) is 3.28. The number of ether oxygens (including phenoxy) is 1. The molecule has 1 heterocycles. The van der Waals surface area contributed by atoms with Crippen molar-refractivity contribution in [3.8, 4) is 0 Å². The third-order valence-corrected chi connectivity index (χ3v) is 6.50. The zero-order valence-corrected chi connectivity index (χ0v) is 16.5. The molecule has 0 saturated carbocycles. The van der Waals surface area contributed by atoms with E-state index in [-0.39, 0.29) is 28.5 Å². The van der Waals surface area contributed by atoms with Crippen LogP contribution in [0.5, 0.6) is 0 Å². The normalized spacial score (nSPS) is 18.3. The van der Waals surface area contributed by atoms with Gasteiger partial charge in [0.2, 0.25) is 10.0 Å². The van der Waals surface area contributed by atoms with Gasteiger partial charge in [-0.15, -0.1) is 0 Å². The summed E-state index contributed by atoms with van der Waals surface area (Å²) in [6.45, 7) is 4.47. The number of sulfonamides is 1. The van der Waals surface area contributed by atoms with E-state index >= 15 is 0 Å². The van der Waals surface area contributed by atoms with Crippen molar-refractivity contribution in [1.82, 2.24) is 9.62 Å².